The highest BCUT2D eigenvalue weighted by atomic mass is 16.5. The molecule has 2 saturated heterocycles. The largest absolute Gasteiger partial charge is 0.497 e. The van der Waals surface area contributed by atoms with Gasteiger partial charge in [0.15, 0.2) is 0 Å². The second-order valence-corrected chi connectivity index (χ2v) is 8.81. The number of nitrogens with zero attached hydrogens (tertiary/aromatic N) is 3. The SMILES string of the molecule is COCCCN1C(=O)N(Cc2ccccc2)C(=O)C12CCN(Cc1ccc(OC)cc1)CC2. The Morgan fingerprint density at radius 1 is 0.879 bits per heavy atom. The fourth-order valence-corrected chi connectivity index (χ4v) is 4.92. The number of carbonyl (C=O) groups excluding carboxylic acids is 2. The van der Waals surface area contributed by atoms with Gasteiger partial charge in [0.25, 0.3) is 5.91 Å². The molecule has 0 saturated carbocycles. The van der Waals surface area contributed by atoms with E-state index in [1.807, 2.05) is 47.4 Å². The molecule has 2 aromatic rings. The first kappa shape index (κ1) is 23.3. The van der Waals surface area contributed by atoms with Crippen LogP contribution < -0.4 is 4.74 Å². The number of imide groups is 1. The maximum Gasteiger partial charge on any atom is 0.327 e. The maximum absolute atomic E-state index is 13.7. The predicted octanol–water partition coefficient (Wildman–Crippen LogP) is 3.53. The van der Waals surface area contributed by atoms with E-state index in [0.29, 0.717) is 39.0 Å². The third-order valence-electron chi connectivity index (χ3n) is 6.78. The van der Waals surface area contributed by atoms with Crippen LogP contribution in [0, 0.1) is 0 Å². The summed E-state index contributed by atoms with van der Waals surface area (Å²) in [5.41, 5.74) is 1.42. The number of likely N-dealkylation sites (tertiary alicyclic amines) is 1. The lowest BCUT2D eigenvalue weighted by atomic mass is 9.85. The molecule has 0 aliphatic carbocycles. The van der Waals surface area contributed by atoms with Crippen molar-refractivity contribution in [2.24, 2.45) is 0 Å². The molecule has 176 valence electrons. The van der Waals surface area contributed by atoms with Gasteiger partial charge >= 0.3 is 6.03 Å². The number of carbonyl (C=O) groups is 2. The normalized spacial score (nSPS) is 18.4. The summed E-state index contributed by atoms with van der Waals surface area (Å²) in [7, 11) is 3.32. The molecule has 1 spiro atoms. The molecular weight excluding hydrogens is 418 g/mol. The summed E-state index contributed by atoms with van der Waals surface area (Å²) >= 11 is 0. The Kier molecular flexibility index (Phi) is 7.30. The highest BCUT2D eigenvalue weighted by molar-refractivity contribution is 6.07. The average molecular weight is 452 g/mol. The zero-order valence-corrected chi connectivity index (χ0v) is 19.5. The maximum atomic E-state index is 13.7. The monoisotopic (exact) mass is 451 g/mol. The first-order valence-electron chi connectivity index (χ1n) is 11.6. The Balaban J connectivity index is 1.48. The highest BCUT2D eigenvalue weighted by Gasteiger charge is 2.57. The number of hydrogen-bond acceptors (Lipinski definition) is 5. The zero-order valence-electron chi connectivity index (χ0n) is 19.5. The second-order valence-electron chi connectivity index (χ2n) is 8.81. The molecule has 0 unspecified atom stereocenters. The molecule has 2 heterocycles. The minimum atomic E-state index is -0.754. The fourth-order valence-electron chi connectivity index (χ4n) is 4.92. The number of piperidine rings is 1. The number of amides is 3. The Bertz CT molecular complexity index is 940. The Labute approximate surface area is 195 Å². The van der Waals surface area contributed by atoms with Gasteiger partial charge in [-0.05, 0) is 42.5 Å². The van der Waals surface area contributed by atoms with Gasteiger partial charge in [-0.25, -0.2) is 4.79 Å². The van der Waals surface area contributed by atoms with Gasteiger partial charge in [0, 0.05) is 39.9 Å². The molecule has 2 aromatic carbocycles. The van der Waals surface area contributed by atoms with Gasteiger partial charge in [-0.15, -0.1) is 0 Å². The van der Waals surface area contributed by atoms with E-state index in [1.165, 1.54) is 10.5 Å². The molecule has 2 fully saturated rings. The minimum Gasteiger partial charge on any atom is -0.497 e. The summed E-state index contributed by atoms with van der Waals surface area (Å²) in [6, 6.07) is 17.6. The molecule has 7 heteroatoms. The Morgan fingerprint density at radius 3 is 2.18 bits per heavy atom. The first-order valence-corrected chi connectivity index (χ1v) is 11.6. The van der Waals surface area contributed by atoms with Gasteiger partial charge in [0.05, 0.1) is 13.7 Å². The van der Waals surface area contributed by atoms with Crippen molar-refractivity contribution in [3.8, 4) is 5.75 Å². The van der Waals surface area contributed by atoms with Gasteiger partial charge in [-0.2, -0.15) is 0 Å². The van der Waals surface area contributed by atoms with Crippen molar-refractivity contribution < 1.29 is 19.1 Å². The first-order chi connectivity index (χ1) is 16.1. The van der Waals surface area contributed by atoms with Crippen LogP contribution in [0.3, 0.4) is 0 Å². The number of hydrogen-bond donors (Lipinski definition) is 0. The lowest BCUT2D eigenvalue weighted by Gasteiger charge is -2.42. The quantitative estimate of drug-likeness (QED) is 0.431. The molecular formula is C26H33N3O4. The molecule has 33 heavy (non-hydrogen) atoms. The van der Waals surface area contributed by atoms with Gasteiger partial charge in [0.1, 0.15) is 11.3 Å². The van der Waals surface area contributed by atoms with Crippen LogP contribution in [0.25, 0.3) is 0 Å². The summed E-state index contributed by atoms with van der Waals surface area (Å²) in [6.07, 6.45) is 2.00. The van der Waals surface area contributed by atoms with Crippen LogP contribution in [0.4, 0.5) is 4.79 Å². The van der Waals surface area contributed by atoms with Crippen LogP contribution in [0.15, 0.2) is 54.6 Å². The van der Waals surface area contributed by atoms with Crippen molar-refractivity contribution in [1.82, 2.24) is 14.7 Å². The van der Waals surface area contributed by atoms with E-state index in [-0.39, 0.29) is 11.9 Å². The van der Waals surface area contributed by atoms with E-state index in [0.717, 1.165) is 30.9 Å². The smallest absolute Gasteiger partial charge is 0.327 e. The van der Waals surface area contributed by atoms with Gasteiger partial charge < -0.3 is 14.4 Å². The minimum absolute atomic E-state index is 0.0575. The summed E-state index contributed by atoms with van der Waals surface area (Å²) in [5.74, 6) is 0.787. The molecule has 3 amide bonds. The fraction of sp³-hybridized carbons (Fsp3) is 0.462. The second kappa shape index (κ2) is 10.4. The molecule has 0 aromatic heterocycles. The lowest BCUT2D eigenvalue weighted by Crippen LogP contribution is -2.56. The average Bonchev–Trinajstić information content (AvgIpc) is 3.03. The number of benzene rings is 2. The van der Waals surface area contributed by atoms with Crippen LogP contribution in [0.1, 0.15) is 30.4 Å². The van der Waals surface area contributed by atoms with Crippen LogP contribution >= 0.6 is 0 Å². The summed E-state index contributed by atoms with van der Waals surface area (Å²) < 4.78 is 10.5. The van der Waals surface area contributed by atoms with Gasteiger partial charge in [-0.3, -0.25) is 14.6 Å². The van der Waals surface area contributed by atoms with Crippen molar-refractivity contribution in [2.45, 2.75) is 37.9 Å². The zero-order chi connectivity index (χ0) is 23.3. The summed E-state index contributed by atoms with van der Waals surface area (Å²) in [6.45, 7) is 3.77. The topological polar surface area (TPSA) is 62.3 Å². The van der Waals surface area contributed by atoms with E-state index >= 15 is 0 Å². The number of urea groups is 1. The molecule has 7 nitrogen and oxygen atoms in total. The van der Waals surface area contributed by atoms with Crippen LogP contribution in [0.5, 0.6) is 5.75 Å². The van der Waals surface area contributed by atoms with E-state index in [2.05, 4.69) is 17.0 Å². The highest BCUT2D eigenvalue weighted by Crippen LogP contribution is 2.38. The molecule has 2 aliphatic rings. The van der Waals surface area contributed by atoms with Crippen molar-refractivity contribution in [1.29, 1.82) is 0 Å². The van der Waals surface area contributed by atoms with Crippen LogP contribution in [-0.4, -0.2) is 72.6 Å². The molecule has 0 N–H and O–H groups in total. The molecule has 0 bridgehead atoms. The molecule has 0 atom stereocenters. The number of rotatable bonds is 9. The van der Waals surface area contributed by atoms with Crippen molar-refractivity contribution >= 4 is 11.9 Å². The van der Waals surface area contributed by atoms with Crippen molar-refractivity contribution in [2.75, 3.05) is 40.5 Å². The Morgan fingerprint density at radius 2 is 1.55 bits per heavy atom. The molecule has 2 aliphatic heterocycles. The van der Waals surface area contributed by atoms with Gasteiger partial charge in [-0.1, -0.05) is 42.5 Å². The predicted molar refractivity (Wildman–Crippen MR) is 126 cm³/mol. The van der Waals surface area contributed by atoms with E-state index in [1.54, 1.807) is 14.2 Å². The van der Waals surface area contributed by atoms with Crippen LogP contribution in [0.2, 0.25) is 0 Å². The lowest BCUT2D eigenvalue weighted by molar-refractivity contribution is -0.136. The van der Waals surface area contributed by atoms with E-state index in [9.17, 15) is 9.59 Å². The van der Waals surface area contributed by atoms with Crippen LogP contribution in [-0.2, 0) is 22.6 Å². The summed E-state index contributed by atoms with van der Waals surface area (Å²) in [4.78, 5) is 32.7. The standard InChI is InChI=1S/C26H33N3O4/c1-32-18-6-15-29-25(31)28(20-21-7-4-3-5-8-21)24(30)26(29)13-16-27(17-14-26)19-22-9-11-23(33-2)12-10-22/h3-5,7-12H,6,13-20H2,1-2H3. The van der Waals surface area contributed by atoms with Crippen molar-refractivity contribution in [3.63, 3.8) is 0 Å². The Hall–Kier alpha value is -2.90. The van der Waals surface area contributed by atoms with Gasteiger partial charge in [0.2, 0.25) is 0 Å². The van der Waals surface area contributed by atoms with E-state index in [4.69, 9.17) is 9.47 Å². The van der Waals surface area contributed by atoms with Crippen molar-refractivity contribution in [3.05, 3.63) is 65.7 Å². The van der Waals surface area contributed by atoms with E-state index < -0.39 is 5.54 Å². The number of methoxy groups -OCH3 is 2. The molecule has 0 radical (unpaired) electrons. The summed E-state index contributed by atoms with van der Waals surface area (Å²) in [5, 5.41) is 0. The molecule has 4 rings (SSSR count). The number of ether oxygens (including phenoxy) is 2. The third kappa shape index (κ3) is 4.89. The third-order valence-corrected chi connectivity index (χ3v) is 6.78.